The fourth-order valence-electron chi connectivity index (χ4n) is 3.44. The molecule has 3 rings (SSSR count). The molecule has 2 aliphatic heterocycles. The monoisotopic (exact) mass is 368 g/mol. The van der Waals surface area contributed by atoms with E-state index in [0.29, 0.717) is 12.8 Å². The van der Waals surface area contributed by atoms with E-state index in [4.69, 9.17) is 11.6 Å². The molecule has 4 nitrogen and oxygen atoms in total. The van der Waals surface area contributed by atoms with Crippen LogP contribution in [-0.4, -0.2) is 26.5 Å². The minimum atomic E-state index is -4.79. The van der Waals surface area contributed by atoms with Crippen LogP contribution in [0.2, 0.25) is 5.02 Å². The highest BCUT2D eigenvalue weighted by molar-refractivity contribution is 7.89. The van der Waals surface area contributed by atoms with Gasteiger partial charge in [-0.2, -0.15) is 13.2 Å². The van der Waals surface area contributed by atoms with Gasteiger partial charge in [0.1, 0.15) is 4.90 Å². The van der Waals surface area contributed by atoms with E-state index in [-0.39, 0.29) is 18.1 Å². The first-order valence-electron chi connectivity index (χ1n) is 7.31. The summed E-state index contributed by atoms with van der Waals surface area (Å²) in [5, 5.41) is 2.93. The minimum absolute atomic E-state index is 0.217. The number of sulfonamides is 1. The van der Waals surface area contributed by atoms with Crippen LogP contribution in [0.3, 0.4) is 0 Å². The van der Waals surface area contributed by atoms with Crippen LogP contribution in [-0.2, 0) is 16.2 Å². The van der Waals surface area contributed by atoms with E-state index in [9.17, 15) is 21.6 Å². The summed E-state index contributed by atoms with van der Waals surface area (Å²) in [6.45, 7) is 0. The highest BCUT2D eigenvalue weighted by Gasteiger charge is 2.40. The van der Waals surface area contributed by atoms with Crippen molar-refractivity contribution >= 4 is 21.6 Å². The Balaban J connectivity index is 1.91. The van der Waals surface area contributed by atoms with E-state index >= 15 is 0 Å². The third-order valence-corrected chi connectivity index (χ3v) is 6.38. The molecule has 0 spiro atoms. The summed E-state index contributed by atoms with van der Waals surface area (Å²) in [5.74, 6) is 0. The maximum atomic E-state index is 13.1. The zero-order valence-corrected chi connectivity index (χ0v) is 13.6. The number of hydrogen-bond donors (Lipinski definition) is 2. The molecule has 2 saturated heterocycles. The van der Waals surface area contributed by atoms with E-state index < -0.39 is 31.7 Å². The van der Waals surface area contributed by atoms with Gasteiger partial charge in [0.05, 0.1) is 10.6 Å². The van der Waals surface area contributed by atoms with Gasteiger partial charge in [0.15, 0.2) is 0 Å². The predicted molar refractivity (Wildman–Crippen MR) is 79.7 cm³/mol. The highest BCUT2D eigenvalue weighted by atomic mass is 35.5. The summed E-state index contributed by atoms with van der Waals surface area (Å²) >= 11 is 5.78. The lowest BCUT2D eigenvalue weighted by atomic mass is 10.0. The van der Waals surface area contributed by atoms with Crippen LogP contribution in [0.1, 0.15) is 31.2 Å². The van der Waals surface area contributed by atoms with Crippen LogP contribution in [0.15, 0.2) is 23.1 Å². The van der Waals surface area contributed by atoms with Crippen molar-refractivity contribution in [3.63, 3.8) is 0 Å². The van der Waals surface area contributed by atoms with Gasteiger partial charge < -0.3 is 5.32 Å². The first-order valence-corrected chi connectivity index (χ1v) is 9.17. The topological polar surface area (TPSA) is 58.2 Å². The van der Waals surface area contributed by atoms with Crippen molar-refractivity contribution in [3.8, 4) is 0 Å². The molecular formula is C14H16ClF3N2O2S. The molecule has 2 bridgehead atoms. The molecule has 2 fully saturated rings. The van der Waals surface area contributed by atoms with Gasteiger partial charge in [-0.3, -0.25) is 0 Å². The quantitative estimate of drug-likeness (QED) is 0.862. The second kappa shape index (κ2) is 5.91. The van der Waals surface area contributed by atoms with Crippen LogP contribution in [0.5, 0.6) is 0 Å². The average molecular weight is 369 g/mol. The van der Waals surface area contributed by atoms with Gasteiger partial charge in [-0.05, 0) is 37.8 Å². The Hall–Kier alpha value is -0.830. The Bertz CT molecular complexity index is 696. The molecule has 2 N–H and O–H groups in total. The van der Waals surface area contributed by atoms with Crippen LogP contribution in [0.4, 0.5) is 13.2 Å². The first-order chi connectivity index (χ1) is 10.7. The fourth-order valence-corrected chi connectivity index (χ4v) is 5.46. The number of hydrogen-bond acceptors (Lipinski definition) is 3. The second-order valence-corrected chi connectivity index (χ2v) is 8.10. The zero-order valence-electron chi connectivity index (χ0n) is 12.0. The van der Waals surface area contributed by atoms with Crippen molar-refractivity contribution in [3.05, 3.63) is 28.8 Å². The molecule has 2 unspecified atom stereocenters. The number of halogens is 4. The predicted octanol–water partition coefficient (Wildman–Crippen LogP) is 2.92. The number of nitrogens with one attached hydrogen (secondary N) is 2. The van der Waals surface area contributed by atoms with E-state index in [1.54, 1.807) is 0 Å². The Labute approximate surface area is 137 Å². The van der Waals surface area contributed by atoms with Crippen LogP contribution < -0.4 is 10.0 Å². The standard InChI is InChI=1S/C14H16ClF3N2O2S/c15-12-3-1-2-11(14(16,17)18)13(12)23(21,22)20-10-6-8-4-5-9(7-10)19-8/h1-3,8-10,19-20H,4-7H2. The first kappa shape index (κ1) is 17.0. The van der Waals surface area contributed by atoms with Gasteiger partial charge in [-0.25, -0.2) is 13.1 Å². The third-order valence-electron chi connectivity index (χ3n) is 4.34. The molecule has 0 saturated carbocycles. The Morgan fingerprint density at radius 1 is 1.17 bits per heavy atom. The number of benzene rings is 1. The summed E-state index contributed by atoms with van der Waals surface area (Å²) in [6, 6.07) is 3.03. The number of piperidine rings is 1. The van der Waals surface area contributed by atoms with E-state index in [1.165, 1.54) is 0 Å². The second-order valence-electron chi connectivity index (χ2n) is 6.04. The molecule has 2 aliphatic rings. The van der Waals surface area contributed by atoms with Gasteiger partial charge >= 0.3 is 6.18 Å². The van der Waals surface area contributed by atoms with Gasteiger partial charge in [0.25, 0.3) is 0 Å². The van der Waals surface area contributed by atoms with Crippen LogP contribution >= 0.6 is 11.6 Å². The van der Waals surface area contributed by atoms with E-state index in [0.717, 1.165) is 31.0 Å². The van der Waals surface area contributed by atoms with Gasteiger partial charge in [-0.15, -0.1) is 0 Å². The van der Waals surface area contributed by atoms with E-state index in [1.807, 2.05) is 0 Å². The lowest BCUT2D eigenvalue weighted by Crippen LogP contribution is -2.48. The molecule has 9 heteroatoms. The summed E-state index contributed by atoms with van der Waals surface area (Å²) in [6.07, 6.45) is -1.73. The lowest BCUT2D eigenvalue weighted by Gasteiger charge is -2.29. The SMILES string of the molecule is O=S(=O)(NC1CC2CCC(C1)N2)c1c(Cl)cccc1C(F)(F)F. The van der Waals surface area contributed by atoms with Gasteiger partial charge in [-0.1, -0.05) is 17.7 Å². The van der Waals surface area contributed by atoms with Crippen molar-refractivity contribution in [2.24, 2.45) is 0 Å². The van der Waals surface area contributed by atoms with Crippen molar-refractivity contribution in [1.82, 2.24) is 10.0 Å². The molecule has 0 radical (unpaired) electrons. The summed E-state index contributed by atoms with van der Waals surface area (Å²) in [4.78, 5) is -0.889. The average Bonchev–Trinajstić information content (AvgIpc) is 2.76. The maximum Gasteiger partial charge on any atom is 0.417 e. The zero-order chi connectivity index (χ0) is 16.8. The molecule has 0 amide bonds. The fraction of sp³-hybridized carbons (Fsp3) is 0.571. The molecule has 2 heterocycles. The normalized spacial score (nSPS) is 28.1. The third kappa shape index (κ3) is 3.50. The van der Waals surface area contributed by atoms with Crippen LogP contribution in [0, 0.1) is 0 Å². The molecule has 2 atom stereocenters. The van der Waals surface area contributed by atoms with Crippen molar-refractivity contribution < 1.29 is 21.6 Å². The van der Waals surface area contributed by atoms with Crippen molar-refractivity contribution in [1.29, 1.82) is 0 Å². The Morgan fingerprint density at radius 2 is 1.78 bits per heavy atom. The minimum Gasteiger partial charge on any atom is -0.311 e. The number of rotatable bonds is 3. The highest BCUT2D eigenvalue weighted by Crippen LogP contribution is 2.38. The van der Waals surface area contributed by atoms with Crippen LogP contribution in [0.25, 0.3) is 0 Å². The molecule has 0 aliphatic carbocycles. The molecule has 128 valence electrons. The largest absolute Gasteiger partial charge is 0.417 e. The summed E-state index contributed by atoms with van der Waals surface area (Å²) in [5.41, 5.74) is -1.24. The number of fused-ring (bicyclic) bond motifs is 2. The Kier molecular flexibility index (Phi) is 4.37. The van der Waals surface area contributed by atoms with Gasteiger partial charge in [0, 0.05) is 18.1 Å². The maximum absolute atomic E-state index is 13.1. The smallest absolute Gasteiger partial charge is 0.311 e. The van der Waals surface area contributed by atoms with E-state index in [2.05, 4.69) is 10.0 Å². The molecule has 0 aromatic heterocycles. The molecule has 1 aromatic rings. The van der Waals surface area contributed by atoms with Gasteiger partial charge in [0.2, 0.25) is 10.0 Å². The van der Waals surface area contributed by atoms with Crippen molar-refractivity contribution in [2.75, 3.05) is 0 Å². The molecule has 23 heavy (non-hydrogen) atoms. The summed E-state index contributed by atoms with van der Waals surface area (Å²) < 4.78 is 66.8. The molecule has 1 aromatic carbocycles. The van der Waals surface area contributed by atoms with Crippen molar-refractivity contribution in [2.45, 2.75) is 54.9 Å². The molecular weight excluding hydrogens is 353 g/mol. The summed E-state index contributed by atoms with van der Waals surface area (Å²) in [7, 11) is -4.35. The lowest BCUT2D eigenvalue weighted by molar-refractivity contribution is -0.139. The number of alkyl halides is 3. The Morgan fingerprint density at radius 3 is 2.35 bits per heavy atom.